The van der Waals surface area contributed by atoms with Gasteiger partial charge in [-0.05, 0) is 25.0 Å². The molecule has 1 aromatic rings. The molecule has 0 atom stereocenters. The number of aromatic nitrogens is 1. The highest BCUT2D eigenvalue weighted by Gasteiger charge is 2.31. The van der Waals surface area contributed by atoms with Gasteiger partial charge in [0.05, 0.1) is 5.92 Å². The highest BCUT2D eigenvalue weighted by molar-refractivity contribution is 5.96. The van der Waals surface area contributed by atoms with Crippen LogP contribution in [-0.4, -0.2) is 52.7 Å². The predicted molar refractivity (Wildman–Crippen MR) is 72.1 cm³/mol. The van der Waals surface area contributed by atoms with Gasteiger partial charge < -0.3 is 14.7 Å². The molecule has 0 radical (unpaired) electrons. The zero-order chi connectivity index (χ0) is 17.0. The van der Waals surface area contributed by atoms with Gasteiger partial charge in [0, 0.05) is 19.3 Å². The van der Waals surface area contributed by atoms with E-state index in [1.54, 1.807) is 0 Å². The smallest absolute Gasteiger partial charge is 0.422 e. The number of ether oxygens (including phenoxy) is 1. The Bertz CT molecular complexity index is 584. The third-order valence-electron chi connectivity index (χ3n) is 3.51. The molecule has 0 aromatic carbocycles. The predicted octanol–water partition coefficient (Wildman–Crippen LogP) is 1.96. The lowest BCUT2D eigenvalue weighted by Gasteiger charge is -2.30. The molecule has 0 spiro atoms. The number of halogens is 3. The summed E-state index contributed by atoms with van der Waals surface area (Å²) in [6.45, 7) is -1.09. The summed E-state index contributed by atoms with van der Waals surface area (Å²) in [5, 5.41) is 8.93. The maximum absolute atomic E-state index is 12.4. The topological polar surface area (TPSA) is 79.7 Å². The number of carboxylic acid groups (broad SMARTS) is 1. The molecule has 1 aromatic heterocycles. The molecule has 1 fully saturated rings. The number of carboxylic acids is 1. The van der Waals surface area contributed by atoms with E-state index in [-0.39, 0.29) is 24.5 Å². The van der Waals surface area contributed by atoms with Crippen LogP contribution >= 0.6 is 0 Å². The summed E-state index contributed by atoms with van der Waals surface area (Å²) < 4.78 is 41.3. The summed E-state index contributed by atoms with van der Waals surface area (Å²) in [4.78, 5) is 28.4. The molecule has 0 aliphatic carbocycles. The molecule has 1 aliphatic heterocycles. The standard InChI is InChI=1S/C14H15F3N2O4/c15-14(16,17)8-23-11-10(2-1-5-18-11)12(20)19-6-3-9(4-7-19)13(21)22/h1-2,5,9H,3-4,6-8H2,(H,21,22). The second kappa shape index (κ2) is 6.84. The van der Waals surface area contributed by atoms with E-state index < -0.39 is 30.6 Å². The van der Waals surface area contributed by atoms with Crippen molar-refractivity contribution in [3.63, 3.8) is 0 Å². The Morgan fingerprint density at radius 2 is 2.00 bits per heavy atom. The van der Waals surface area contributed by atoms with Gasteiger partial charge in [-0.15, -0.1) is 0 Å². The summed E-state index contributed by atoms with van der Waals surface area (Å²) in [6, 6.07) is 2.77. The molecule has 1 N–H and O–H groups in total. The number of piperidine rings is 1. The zero-order valence-corrected chi connectivity index (χ0v) is 12.0. The van der Waals surface area contributed by atoms with Gasteiger partial charge in [0.2, 0.25) is 5.88 Å². The number of likely N-dealkylation sites (tertiary alicyclic amines) is 1. The van der Waals surface area contributed by atoms with Crippen LogP contribution in [0.2, 0.25) is 0 Å². The van der Waals surface area contributed by atoms with Crippen molar-refractivity contribution in [3.8, 4) is 5.88 Å². The lowest BCUT2D eigenvalue weighted by molar-refractivity contribution is -0.154. The Morgan fingerprint density at radius 3 is 2.57 bits per heavy atom. The van der Waals surface area contributed by atoms with E-state index >= 15 is 0 Å². The van der Waals surface area contributed by atoms with Crippen molar-refractivity contribution in [2.75, 3.05) is 19.7 Å². The Kier molecular flexibility index (Phi) is 5.07. The van der Waals surface area contributed by atoms with Crippen LogP contribution < -0.4 is 4.74 Å². The molecule has 126 valence electrons. The Hall–Kier alpha value is -2.32. The van der Waals surface area contributed by atoms with Gasteiger partial charge in [-0.2, -0.15) is 13.2 Å². The minimum atomic E-state index is -4.53. The third kappa shape index (κ3) is 4.57. The average Bonchev–Trinajstić information content (AvgIpc) is 2.52. The number of carbonyl (C=O) groups is 2. The van der Waals surface area contributed by atoms with Gasteiger partial charge in [-0.3, -0.25) is 9.59 Å². The monoisotopic (exact) mass is 332 g/mol. The first kappa shape index (κ1) is 17.0. The molecule has 9 heteroatoms. The number of rotatable bonds is 4. The van der Waals surface area contributed by atoms with Crippen molar-refractivity contribution < 1.29 is 32.6 Å². The Labute approximate surface area is 129 Å². The van der Waals surface area contributed by atoms with E-state index in [0.717, 1.165) is 0 Å². The minimum Gasteiger partial charge on any atom is -0.481 e. The lowest BCUT2D eigenvalue weighted by Crippen LogP contribution is -2.40. The number of hydrogen-bond donors (Lipinski definition) is 1. The number of amides is 1. The largest absolute Gasteiger partial charge is 0.481 e. The van der Waals surface area contributed by atoms with Crippen molar-refractivity contribution in [2.24, 2.45) is 5.92 Å². The van der Waals surface area contributed by atoms with Crippen molar-refractivity contribution in [2.45, 2.75) is 19.0 Å². The number of aliphatic carboxylic acids is 1. The molecule has 6 nitrogen and oxygen atoms in total. The summed E-state index contributed by atoms with van der Waals surface area (Å²) in [5.41, 5.74) is -0.0643. The van der Waals surface area contributed by atoms with Crippen molar-refractivity contribution >= 4 is 11.9 Å². The first-order valence-corrected chi connectivity index (χ1v) is 6.94. The van der Waals surface area contributed by atoms with Crippen molar-refractivity contribution in [1.82, 2.24) is 9.88 Å². The summed E-state index contributed by atoms with van der Waals surface area (Å²) in [5.74, 6) is -2.31. The molecule has 2 heterocycles. The lowest BCUT2D eigenvalue weighted by atomic mass is 9.97. The van der Waals surface area contributed by atoms with Crippen LogP contribution in [0.15, 0.2) is 18.3 Å². The molecule has 23 heavy (non-hydrogen) atoms. The number of nitrogens with zero attached hydrogens (tertiary/aromatic N) is 2. The minimum absolute atomic E-state index is 0.0643. The fraction of sp³-hybridized carbons (Fsp3) is 0.500. The number of carbonyl (C=O) groups excluding carboxylic acids is 1. The fourth-order valence-corrected chi connectivity index (χ4v) is 2.32. The molecule has 1 aliphatic rings. The highest BCUT2D eigenvalue weighted by atomic mass is 19.4. The van der Waals surface area contributed by atoms with Crippen LogP contribution in [0.1, 0.15) is 23.2 Å². The van der Waals surface area contributed by atoms with E-state index in [4.69, 9.17) is 5.11 Å². The Balaban J connectivity index is 2.06. The molecule has 2 rings (SSSR count). The molecular weight excluding hydrogens is 317 g/mol. The second-order valence-electron chi connectivity index (χ2n) is 5.16. The molecule has 1 amide bonds. The molecule has 0 bridgehead atoms. The van der Waals surface area contributed by atoms with Gasteiger partial charge in [0.15, 0.2) is 6.61 Å². The molecule has 0 unspecified atom stereocenters. The van der Waals surface area contributed by atoms with Gasteiger partial charge in [-0.25, -0.2) is 4.98 Å². The van der Waals surface area contributed by atoms with Crippen LogP contribution in [0.3, 0.4) is 0 Å². The van der Waals surface area contributed by atoms with Crippen LogP contribution in [-0.2, 0) is 4.79 Å². The zero-order valence-electron chi connectivity index (χ0n) is 12.0. The molecule has 0 saturated carbocycles. The first-order chi connectivity index (χ1) is 10.8. The highest BCUT2D eigenvalue weighted by Crippen LogP contribution is 2.24. The summed E-state index contributed by atoms with van der Waals surface area (Å²) >= 11 is 0. The maximum Gasteiger partial charge on any atom is 0.422 e. The normalized spacial score (nSPS) is 16.2. The fourth-order valence-electron chi connectivity index (χ4n) is 2.32. The van der Waals surface area contributed by atoms with Crippen molar-refractivity contribution in [1.29, 1.82) is 0 Å². The maximum atomic E-state index is 12.4. The first-order valence-electron chi connectivity index (χ1n) is 6.94. The summed E-state index contributed by atoms with van der Waals surface area (Å²) in [6.07, 6.45) is -2.68. The number of pyridine rings is 1. The quantitative estimate of drug-likeness (QED) is 0.912. The van der Waals surface area contributed by atoms with Gasteiger partial charge in [0.25, 0.3) is 5.91 Å². The Morgan fingerprint density at radius 1 is 1.35 bits per heavy atom. The molecular formula is C14H15F3N2O4. The van der Waals surface area contributed by atoms with E-state index in [9.17, 15) is 22.8 Å². The van der Waals surface area contributed by atoms with Crippen LogP contribution in [0.5, 0.6) is 5.88 Å². The van der Waals surface area contributed by atoms with Gasteiger partial charge >= 0.3 is 12.1 Å². The SMILES string of the molecule is O=C(O)C1CCN(C(=O)c2cccnc2OCC(F)(F)F)CC1. The average molecular weight is 332 g/mol. The number of alkyl halides is 3. The number of hydrogen-bond acceptors (Lipinski definition) is 4. The van der Waals surface area contributed by atoms with E-state index in [1.165, 1.54) is 23.2 Å². The summed E-state index contributed by atoms with van der Waals surface area (Å²) in [7, 11) is 0. The van der Waals surface area contributed by atoms with E-state index in [0.29, 0.717) is 12.8 Å². The molecule has 1 saturated heterocycles. The van der Waals surface area contributed by atoms with Gasteiger partial charge in [-0.1, -0.05) is 0 Å². The van der Waals surface area contributed by atoms with E-state index in [2.05, 4.69) is 9.72 Å². The van der Waals surface area contributed by atoms with Crippen LogP contribution in [0.4, 0.5) is 13.2 Å². The third-order valence-corrected chi connectivity index (χ3v) is 3.51. The van der Waals surface area contributed by atoms with Crippen molar-refractivity contribution in [3.05, 3.63) is 23.9 Å². The van der Waals surface area contributed by atoms with E-state index in [1.807, 2.05) is 0 Å². The van der Waals surface area contributed by atoms with Crippen LogP contribution in [0.25, 0.3) is 0 Å². The second-order valence-corrected chi connectivity index (χ2v) is 5.16. The van der Waals surface area contributed by atoms with Gasteiger partial charge in [0.1, 0.15) is 5.56 Å². The van der Waals surface area contributed by atoms with Crippen LogP contribution in [0, 0.1) is 5.92 Å².